The number of fused-ring (bicyclic) bond motifs is 1. The predicted octanol–water partition coefficient (Wildman–Crippen LogP) is 1.75. The Balaban J connectivity index is 1.62. The summed E-state index contributed by atoms with van der Waals surface area (Å²) in [6.07, 6.45) is 1.99. The zero-order valence-corrected chi connectivity index (χ0v) is 13.0. The van der Waals surface area contributed by atoms with Gasteiger partial charge in [-0.25, -0.2) is 0 Å². The first kappa shape index (κ1) is 14.8. The van der Waals surface area contributed by atoms with Gasteiger partial charge in [-0.2, -0.15) is 0 Å². The zero-order valence-electron chi connectivity index (χ0n) is 13.0. The van der Waals surface area contributed by atoms with E-state index in [0.29, 0.717) is 6.61 Å². The molecule has 0 radical (unpaired) electrons. The first-order valence-corrected chi connectivity index (χ1v) is 7.93. The van der Waals surface area contributed by atoms with Gasteiger partial charge in [0.1, 0.15) is 18.5 Å². The van der Waals surface area contributed by atoms with Gasteiger partial charge >= 0.3 is 0 Å². The topological polar surface area (TPSA) is 35.9 Å². The SMILES string of the molecule is CN(C)CC1CCN(C2COc3ccccc3C2O)CC1. The maximum Gasteiger partial charge on any atom is 0.125 e. The molecular weight excluding hydrogens is 264 g/mol. The summed E-state index contributed by atoms with van der Waals surface area (Å²) in [5.74, 6) is 1.62. The third-order valence-corrected chi connectivity index (χ3v) is 4.75. The van der Waals surface area contributed by atoms with E-state index in [4.69, 9.17) is 4.74 Å². The standard InChI is InChI=1S/C17H26N2O2/c1-18(2)11-13-7-9-19(10-8-13)15-12-21-16-6-4-3-5-14(16)17(15)20/h3-6,13,15,17,20H,7-12H2,1-2H3. The van der Waals surface area contributed by atoms with Crippen LogP contribution in [0.25, 0.3) is 0 Å². The van der Waals surface area contributed by atoms with Crippen molar-refractivity contribution in [2.45, 2.75) is 25.0 Å². The number of likely N-dealkylation sites (tertiary alicyclic amines) is 1. The molecule has 1 aromatic carbocycles. The van der Waals surface area contributed by atoms with E-state index >= 15 is 0 Å². The molecule has 2 aliphatic heterocycles. The second-order valence-electron chi connectivity index (χ2n) is 6.60. The lowest BCUT2D eigenvalue weighted by Crippen LogP contribution is -2.49. The summed E-state index contributed by atoms with van der Waals surface area (Å²) < 4.78 is 5.84. The fourth-order valence-corrected chi connectivity index (χ4v) is 3.62. The number of benzene rings is 1. The first-order valence-electron chi connectivity index (χ1n) is 7.93. The lowest BCUT2D eigenvalue weighted by molar-refractivity contribution is -0.0122. The predicted molar refractivity (Wildman–Crippen MR) is 83.5 cm³/mol. The number of piperidine rings is 1. The molecule has 2 atom stereocenters. The monoisotopic (exact) mass is 290 g/mol. The van der Waals surface area contributed by atoms with Crippen molar-refractivity contribution in [3.63, 3.8) is 0 Å². The van der Waals surface area contributed by atoms with E-state index in [1.807, 2.05) is 24.3 Å². The third kappa shape index (κ3) is 3.23. The molecule has 0 aromatic heterocycles. The number of hydrogen-bond donors (Lipinski definition) is 1. The van der Waals surface area contributed by atoms with Crippen molar-refractivity contribution in [1.29, 1.82) is 0 Å². The summed E-state index contributed by atoms with van der Waals surface area (Å²) >= 11 is 0. The van der Waals surface area contributed by atoms with Gasteiger partial charge in [-0.05, 0) is 52.0 Å². The second kappa shape index (κ2) is 6.34. The van der Waals surface area contributed by atoms with E-state index in [1.165, 1.54) is 19.4 Å². The van der Waals surface area contributed by atoms with Crippen LogP contribution in [0.5, 0.6) is 5.75 Å². The Morgan fingerprint density at radius 3 is 2.67 bits per heavy atom. The minimum absolute atomic E-state index is 0.0974. The highest BCUT2D eigenvalue weighted by atomic mass is 16.5. The lowest BCUT2D eigenvalue weighted by Gasteiger charge is -2.42. The number of aliphatic hydroxyl groups is 1. The van der Waals surface area contributed by atoms with Crippen LogP contribution in [0, 0.1) is 5.92 Å². The average Bonchev–Trinajstić information content (AvgIpc) is 2.48. The Hall–Kier alpha value is -1.10. The van der Waals surface area contributed by atoms with Gasteiger partial charge in [-0.1, -0.05) is 18.2 Å². The van der Waals surface area contributed by atoms with Gasteiger partial charge in [0.15, 0.2) is 0 Å². The van der Waals surface area contributed by atoms with Gasteiger partial charge in [0.05, 0.1) is 6.04 Å². The molecule has 1 fully saturated rings. The molecule has 0 amide bonds. The number of aliphatic hydroxyl groups excluding tert-OH is 1. The highest BCUT2D eigenvalue weighted by molar-refractivity contribution is 5.37. The number of para-hydroxylation sites is 1. The van der Waals surface area contributed by atoms with E-state index in [-0.39, 0.29) is 6.04 Å². The van der Waals surface area contributed by atoms with Crippen molar-refractivity contribution in [2.75, 3.05) is 40.3 Å². The van der Waals surface area contributed by atoms with Crippen molar-refractivity contribution in [1.82, 2.24) is 9.80 Å². The molecule has 1 N–H and O–H groups in total. The lowest BCUT2D eigenvalue weighted by atomic mass is 9.92. The molecule has 2 aliphatic rings. The molecule has 21 heavy (non-hydrogen) atoms. The molecule has 4 heteroatoms. The molecule has 116 valence electrons. The summed E-state index contributed by atoms with van der Waals surface area (Å²) in [6.45, 7) is 3.88. The molecule has 3 rings (SSSR count). The van der Waals surface area contributed by atoms with Crippen LogP contribution in [0.2, 0.25) is 0 Å². The Bertz CT molecular complexity index is 470. The summed E-state index contributed by atoms with van der Waals surface area (Å²) in [5, 5.41) is 10.7. The Morgan fingerprint density at radius 2 is 1.95 bits per heavy atom. The van der Waals surface area contributed by atoms with Crippen molar-refractivity contribution < 1.29 is 9.84 Å². The number of ether oxygens (including phenoxy) is 1. The highest BCUT2D eigenvalue weighted by Gasteiger charge is 2.35. The van der Waals surface area contributed by atoms with E-state index in [2.05, 4.69) is 23.9 Å². The van der Waals surface area contributed by atoms with Crippen LogP contribution < -0.4 is 4.74 Å². The zero-order chi connectivity index (χ0) is 14.8. The van der Waals surface area contributed by atoms with Crippen LogP contribution in [0.3, 0.4) is 0 Å². The Labute approximate surface area is 127 Å². The number of rotatable bonds is 3. The van der Waals surface area contributed by atoms with E-state index in [1.54, 1.807) is 0 Å². The van der Waals surface area contributed by atoms with Gasteiger partial charge in [0, 0.05) is 12.1 Å². The summed E-state index contributed by atoms with van der Waals surface area (Å²) in [7, 11) is 4.28. The van der Waals surface area contributed by atoms with Crippen LogP contribution in [0.15, 0.2) is 24.3 Å². The van der Waals surface area contributed by atoms with Crippen molar-refractivity contribution in [3.8, 4) is 5.75 Å². The molecule has 0 bridgehead atoms. The van der Waals surface area contributed by atoms with Crippen LogP contribution in [0.4, 0.5) is 0 Å². The smallest absolute Gasteiger partial charge is 0.125 e. The minimum Gasteiger partial charge on any atom is -0.491 e. The largest absolute Gasteiger partial charge is 0.491 e. The maximum absolute atomic E-state index is 10.7. The molecular formula is C17H26N2O2. The van der Waals surface area contributed by atoms with Gasteiger partial charge in [0.2, 0.25) is 0 Å². The summed E-state index contributed by atoms with van der Waals surface area (Å²) in [5.41, 5.74) is 0.934. The van der Waals surface area contributed by atoms with Crippen molar-refractivity contribution in [2.24, 2.45) is 5.92 Å². The normalized spacial score (nSPS) is 27.4. The highest BCUT2D eigenvalue weighted by Crippen LogP contribution is 2.35. The van der Waals surface area contributed by atoms with E-state index < -0.39 is 6.10 Å². The first-order chi connectivity index (χ1) is 10.1. The summed E-state index contributed by atoms with van der Waals surface area (Å²) in [6, 6.07) is 7.94. The number of hydrogen-bond acceptors (Lipinski definition) is 4. The van der Waals surface area contributed by atoms with Crippen molar-refractivity contribution in [3.05, 3.63) is 29.8 Å². The molecule has 0 saturated carbocycles. The molecule has 2 heterocycles. The molecule has 1 saturated heterocycles. The van der Waals surface area contributed by atoms with Crippen LogP contribution in [0.1, 0.15) is 24.5 Å². The van der Waals surface area contributed by atoms with Gasteiger partial charge < -0.3 is 14.7 Å². The fourth-order valence-electron chi connectivity index (χ4n) is 3.62. The molecule has 0 spiro atoms. The van der Waals surface area contributed by atoms with Gasteiger partial charge in [-0.15, -0.1) is 0 Å². The Morgan fingerprint density at radius 1 is 1.24 bits per heavy atom. The molecule has 4 nitrogen and oxygen atoms in total. The summed E-state index contributed by atoms with van der Waals surface area (Å²) in [4.78, 5) is 4.68. The van der Waals surface area contributed by atoms with Crippen LogP contribution in [-0.2, 0) is 0 Å². The Kier molecular flexibility index (Phi) is 4.48. The van der Waals surface area contributed by atoms with Crippen molar-refractivity contribution >= 4 is 0 Å². The van der Waals surface area contributed by atoms with Crippen LogP contribution in [-0.4, -0.2) is 61.3 Å². The van der Waals surface area contributed by atoms with E-state index in [0.717, 1.165) is 30.3 Å². The molecule has 2 unspecified atom stereocenters. The fraction of sp³-hybridized carbons (Fsp3) is 0.647. The quantitative estimate of drug-likeness (QED) is 0.920. The maximum atomic E-state index is 10.7. The average molecular weight is 290 g/mol. The van der Waals surface area contributed by atoms with E-state index in [9.17, 15) is 5.11 Å². The molecule has 1 aromatic rings. The molecule has 0 aliphatic carbocycles. The van der Waals surface area contributed by atoms with Crippen LogP contribution >= 0.6 is 0 Å². The minimum atomic E-state index is -0.430. The second-order valence-corrected chi connectivity index (χ2v) is 6.60. The van der Waals surface area contributed by atoms with Gasteiger partial charge in [-0.3, -0.25) is 4.90 Å². The third-order valence-electron chi connectivity index (χ3n) is 4.75. The van der Waals surface area contributed by atoms with Gasteiger partial charge in [0.25, 0.3) is 0 Å². The number of nitrogens with zero attached hydrogens (tertiary/aromatic N) is 2.